The van der Waals surface area contributed by atoms with Crippen molar-refractivity contribution in [3.05, 3.63) is 101 Å². The lowest BCUT2D eigenvalue weighted by atomic mass is 10.0. The van der Waals surface area contributed by atoms with E-state index in [1.54, 1.807) is 48.2 Å². The molecule has 8 heteroatoms. The Balaban J connectivity index is 1.36. The topological polar surface area (TPSA) is 96.3 Å². The molecule has 0 saturated carbocycles. The first-order valence-electron chi connectivity index (χ1n) is 11.9. The van der Waals surface area contributed by atoms with E-state index in [0.717, 1.165) is 22.4 Å². The van der Waals surface area contributed by atoms with Crippen LogP contribution in [0, 0.1) is 0 Å². The maximum atomic E-state index is 12.8. The first-order valence-corrected chi connectivity index (χ1v) is 13.0. The van der Waals surface area contributed by atoms with Crippen molar-refractivity contribution in [2.45, 2.75) is 31.5 Å². The summed E-state index contributed by atoms with van der Waals surface area (Å²) in [7, 11) is 0. The van der Waals surface area contributed by atoms with E-state index in [2.05, 4.69) is 0 Å². The van der Waals surface area contributed by atoms with Crippen molar-refractivity contribution in [2.24, 2.45) is 0 Å². The van der Waals surface area contributed by atoms with Crippen LogP contribution in [0.2, 0.25) is 0 Å². The molecule has 2 aliphatic rings. The highest BCUT2D eigenvalue weighted by molar-refractivity contribution is 7.99. The monoisotopic (exact) mass is 505 g/mol. The standard InChI is InChI=1S/C28H27NO6S/c30-13-14-36-17-22-15-25(19-7-5-18(16-31)6-8-19)35-28(34-22)20-9-11-21(12-10-20)29-26(32)23-3-1-2-4-24(23)27(29)33/h1-12,22,25,28,30-31H,13-17H2/t22-,25+,28+/m0/s1. The molecule has 2 N–H and O–H groups in total. The SMILES string of the molecule is O=C1c2ccccc2C(=O)N1c1ccc([C@@H]2O[C@H](CSCCO)C[C@H](c3ccc(CO)cc3)O2)cc1. The third-order valence-corrected chi connectivity index (χ3v) is 7.45. The summed E-state index contributed by atoms with van der Waals surface area (Å²) < 4.78 is 12.6. The molecule has 0 bridgehead atoms. The number of benzene rings is 3. The van der Waals surface area contributed by atoms with Crippen LogP contribution in [0.5, 0.6) is 0 Å². The van der Waals surface area contributed by atoms with Gasteiger partial charge in [0.2, 0.25) is 0 Å². The van der Waals surface area contributed by atoms with Gasteiger partial charge >= 0.3 is 0 Å². The van der Waals surface area contributed by atoms with Gasteiger partial charge in [0.15, 0.2) is 6.29 Å². The highest BCUT2D eigenvalue weighted by atomic mass is 32.2. The number of hydrogen-bond acceptors (Lipinski definition) is 7. The normalized spacial score (nSPS) is 21.6. The molecule has 2 heterocycles. The fourth-order valence-electron chi connectivity index (χ4n) is 4.51. The maximum absolute atomic E-state index is 12.8. The number of amides is 2. The number of aliphatic hydroxyl groups excluding tert-OH is 2. The van der Waals surface area contributed by atoms with Crippen molar-refractivity contribution in [2.75, 3.05) is 23.0 Å². The average Bonchev–Trinajstić information content (AvgIpc) is 3.18. The Morgan fingerprint density at radius 3 is 2.08 bits per heavy atom. The Hall–Kier alpha value is -3.01. The first-order chi connectivity index (χ1) is 17.6. The second-order valence-electron chi connectivity index (χ2n) is 8.73. The largest absolute Gasteiger partial charge is 0.396 e. The number of ether oxygens (including phenoxy) is 2. The molecule has 0 aromatic heterocycles. The molecule has 3 aromatic carbocycles. The Bertz CT molecular complexity index is 1190. The number of imide groups is 1. The van der Waals surface area contributed by atoms with Gasteiger partial charge in [-0.2, -0.15) is 11.8 Å². The summed E-state index contributed by atoms with van der Waals surface area (Å²) in [5, 5.41) is 18.5. The van der Waals surface area contributed by atoms with Crippen molar-refractivity contribution >= 4 is 29.3 Å². The summed E-state index contributed by atoms with van der Waals surface area (Å²) in [6.45, 7) is 0.0973. The molecule has 0 spiro atoms. The third-order valence-electron chi connectivity index (χ3n) is 6.37. The molecule has 7 nitrogen and oxygen atoms in total. The van der Waals surface area contributed by atoms with E-state index in [9.17, 15) is 14.7 Å². The van der Waals surface area contributed by atoms with Crippen LogP contribution in [-0.2, 0) is 16.1 Å². The van der Waals surface area contributed by atoms with Crippen LogP contribution in [0.15, 0.2) is 72.8 Å². The zero-order valence-corrected chi connectivity index (χ0v) is 20.4. The Morgan fingerprint density at radius 1 is 0.833 bits per heavy atom. The minimum Gasteiger partial charge on any atom is -0.396 e. The van der Waals surface area contributed by atoms with Crippen molar-refractivity contribution in [3.8, 4) is 0 Å². The molecule has 2 amide bonds. The highest BCUT2D eigenvalue weighted by Gasteiger charge is 2.37. The van der Waals surface area contributed by atoms with Gasteiger partial charge in [0, 0.05) is 23.5 Å². The molecule has 3 aromatic rings. The summed E-state index contributed by atoms with van der Waals surface area (Å²) in [4.78, 5) is 26.8. The van der Waals surface area contributed by atoms with E-state index in [4.69, 9.17) is 14.6 Å². The number of carbonyl (C=O) groups is 2. The van der Waals surface area contributed by atoms with Crippen LogP contribution >= 0.6 is 11.8 Å². The average molecular weight is 506 g/mol. The summed E-state index contributed by atoms with van der Waals surface area (Å²) in [5.74, 6) is 0.691. The van der Waals surface area contributed by atoms with E-state index in [-0.39, 0.29) is 37.2 Å². The van der Waals surface area contributed by atoms with Crippen molar-refractivity contribution in [1.82, 2.24) is 0 Å². The van der Waals surface area contributed by atoms with Crippen LogP contribution in [0.1, 0.15) is 56.2 Å². The molecule has 186 valence electrons. The first kappa shape index (κ1) is 24.7. The lowest BCUT2D eigenvalue weighted by Crippen LogP contribution is -2.31. The Labute approximate surface area is 213 Å². The van der Waals surface area contributed by atoms with Gasteiger partial charge in [0.05, 0.1) is 42.2 Å². The molecular formula is C28H27NO6S. The van der Waals surface area contributed by atoms with Gasteiger partial charge in [0.1, 0.15) is 0 Å². The second kappa shape index (κ2) is 10.9. The highest BCUT2D eigenvalue weighted by Crippen LogP contribution is 2.39. The predicted octanol–water partition coefficient (Wildman–Crippen LogP) is 4.25. The smallest absolute Gasteiger partial charge is 0.266 e. The van der Waals surface area contributed by atoms with Gasteiger partial charge in [-0.1, -0.05) is 48.5 Å². The summed E-state index contributed by atoms with van der Waals surface area (Å²) in [5.41, 5.74) is 3.92. The molecular weight excluding hydrogens is 478 g/mol. The minimum absolute atomic E-state index is 0.0165. The summed E-state index contributed by atoms with van der Waals surface area (Å²) in [6, 6.07) is 21.6. The van der Waals surface area contributed by atoms with Crippen LogP contribution in [0.4, 0.5) is 5.69 Å². The van der Waals surface area contributed by atoms with Crippen LogP contribution in [-0.4, -0.2) is 46.2 Å². The van der Waals surface area contributed by atoms with E-state index in [1.165, 1.54) is 4.90 Å². The number of aliphatic hydroxyl groups is 2. The van der Waals surface area contributed by atoms with E-state index < -0.39 is 6.29 Å². The second-order valence-corrected chi connectivity index (χ2v) is 9.88. The van der Waals surface area contributed by atoms with E-state index in [1.807, 2.05) is 36.4 Å². The molecule has 0 unspecified atom stereocenters. The molecule has 36 heavy (non-hydrogen) atoms. The molecule has 3 atom stereocenters. The summed E-state index contributed by atoms with van der Waals surface area (Å²) >= 11 is 1.63. The predicted molar refractivity (Wildman–Crippen MR) is 137 cm³/mol. The van der Waals surface area contributed by atoms with Crippen LogP contribution in [0.3, 0.4) is 0 Å². The molecule has 2 aliphatic heterocycles. The number of thioether (sulfide) groups is 1. The quantitative estimate of drug-likeness (QED) is 0.349. The molecule has 0 radical (unpaired) electrons. The van der Waals surface area contributed by atoms with Crippen molar-refractivity contribution in [3.63, 3.8) is 0 Å². The van der Waals surface area contributed by atoms with Crippen LogP contribution < -0.4 is 4.90 Å². The number of rotatable bonds is 8. The zero-order chi connectivity index (χ0) is 25.1. The van der Waals surface area contributed by atoms with Crippen molar-refractivity contribution < 1.29 is 29.3 Å². The number of fused-ring (bicyclic) bond motifs is 1. The van der Waals surface area contributed by atoms with Gasteiger partial charge in [0.25, 0.3) is 11.8 Å². The van der Waals surface area contributed by atoms with Gasteiger partial charge in [-0.15, -0.1) is 0 Å². The van der Waals surface area contributed by atoms with Gasteiger partial charge in [-0.25, -0.2) is 4.90 Å². The fourth-order valence-corrected chi connectivity index (χ4v) is 5.28. The lowest BCUT2D eigenvalue weighted by Gasteiger charge is -2.36. The molecule has 1 fully saturated rings. The maximum Gasteiger partial charge on any atom is 0.266 e. The molecule has 0 aliphatic carbocycles. The number of carbonyl (C=O) groups excluding carboxylic acids is 2. The number of nitrogens with zero attached hydrogens (tertiary/aromatic N) is 1. The Morgan fingerprint density at radius 2 is 1.47 bits per heavy atom. The number of hydrogen-bond donors (Lipinski definition) is 2. The Kier molecular flexibility index (Phi) is 7.50. The fraction of sp³-hybridized carbons (Fsp3) is 0.286. The van der Waals surface area contributed by atoms with Crippen molar-refractivity contribution in [1.29, 1.82) is 0 Å². The van der Waals surface area contributed by atoms with E-state index in [0.29, 0.717) is 29.0 Å². The minimum atomic E-state index is -0.628. The van der Waals surface area contributed by atoms with Gasteiger partial charge in [-0.05, 0) is 35.4 Å². The van der Waals surface area contributed by atoms with Gasteiger partial charge < -0.3 is 19.7 Å². The number of anilines is 1. The van der Waals surface area contributed by atoms with Crippen LogP contribution in [0.25, 0.3) is 0 Å². The lowest BCUT2D eigenvalue weighted by molar-refractivity contribution is -0.245. The molecule has 1 saturated heterocycles. The zero-order valence-electron chi connectivity index (χ0n) is 19.6. The van der Waals surface area contributed by atoms with Gasteiger partial charge in [-0.3, -0.25) is 9.59 Å². The summed E-state index contributed by atoms with van der Waals surface area (Å²) in [6.07, 6.45) is -0.247. The van der Waals surface area contributed by atoms with E-state index >= 15 is 0 Å². The molecule has 5 rings (SSSR count). The third kappa shape index (κ3) is 4.96.